The molecule has 0 radical (unpaired) electrons. The lowest BCUT2D eigenvalue weighted by molar-refractivity contribution is -0.130. The van der Waals surface area contributed by atoms with Crippen LogP contribution < -0.4 is 14.8 Å². The molecule has 0 bridgehead atoms. The van der Waals surface area contributed by atoms with Crippen molar-refractivity contribution in [2.75, 3.05) is 0 Å². The SMILES string of the molecule is CCC1(C)NC(=O)N(/N=C/c2ccc(OC(F)F)cc2OC(F)F)C1=O. The number of imide groups is 1. The molecule has 0 saturated carbocycles. The van der Waals surface area contributed by atoms with Gasteiger partial charge >= 0.3 is 19.3 Å². The van der Waals surface area contributed by atoms with Gasteiger partial charge in [0.05, 0.1) is 6.21 Å². The molecule has 1 atom stereocenters. The molecular formula is C15H15F4N3O4. The highest BCUT2D eigenvalue weighted by Gasteiger charge is 2.46. The molecule has 1 aliphatic heterocycles. The first-order valence-electron chi connectivity index (χ1n) is 7.40. The monoisotopic (exact) mass is 377 g/mol. The van der Waals surface area contributed by atoms with E-state index < -0.39 is 42.2 Å². The number of benzene rings is 1. The fraction of sp³-hybridized carbons (Fsp3) is 0.400. The Bertz CT molecular complexity index is 729. The number of nitrogens with zero attached hydrogens (tertiary/aromatic N) is 2. The number of alkyl halides is 4. The van der Waals surface area contributed by atoms with Crippen LogP contribution >= 0.6 is 0 Å². The van der Waals surface area contributed by atoms with Gasteiger partial charge in [0.2, 0.25) is 0 Å². The summed E-state index contributed by atoms with van der Waals surface area (Å²) < 4.78 is 57.9. The van der Waals surface area contributed by atoms with Crippen molar-refractivity contribution in [3.63, 3.8) is 0 Å². The third-order valence-electron chi connectivity index (χ3n) is 3.69. The van der Waals surface area contributed by atoms with E-state index in [1.807, 2.05) is 0 Å². The van der Waals surface area contributed by atoms with Gasteiger partial charge in [0.15, 0.2) is 0 Å². The van der Waals surface area contributed by atoms with Crippen molar-refractivity contribution in [3.8, 4) is 11.5 Å². The van der Waals surface area contributed by atoms with Crippen molar-refractivity contribution >= 4 is 18.2 Å². The van der Waals surface area contributed by atoms with Crippen LogP contribution in [0.15, 0.2) is 23.3 Å². The lowest BCUT2D eigenvalue weighted by atomic mass is 10.00. The minimum absolute atomic E-state index is 0.0717. The number of urea groups is 1. The molecule has 7 nitrogen and oxygen atoms in total. The molecule has 1 fully saturated rings. The summed E-state index contributed by atoms with van der Waals surface area (Å²) >= 11 is 0. The van der Waals surface area contributed by atoms with E-state index in [1.165, 1.54) is 6.92 Å². The first-order chi connectivity index (χ1) is 12.2. The van der Waals surface area contributed by atoms with Crippen LogP contribution in [0.2, 0.25) is 0 Å². The normalized spacial score (nSPS) is 20.4. The zero-order valence-electron chi connectivity index (χ0n) is 13.7. The highest BCUT2D eigenvalue weighted by atomic mass is 19.3. The van der Waals surface area contributed by atoms with E-state index in [0.29, 0.717) is 11.4 Å². The molecule has 1 aromatic carbocycles. The maximum Gasteiger partial charge on any atom is 0.387 e. The number of hydrazone groups is 1. The largest absolute Gasteiger partial charge is 0.435 e. The van der Waals surface area contributed by atoms with Crippen LogP contribution in [0.4, 0.5) is 22.4 Å². The molecule has 1 aliphatic rings. The van der Waals surface area contributed by atoms with Gasteiger partial charge in [-0.2, -0.15) is 22.7 Å². The minimum atomic E-state index is -3.23. The minimum Gasteiger partial charge on any atom is -0.435 e. The number of hydrogen-bond donors (Lipinski definition) is 1. The van der Waals surface area contributed by atoms with Crippen LogP contribution in [-0.2, 0) is 4.79 Å². The van der Waals surface area contributed by atoms with Crippen LogP contribution in [0, 0.1) is 0 Å². The van der Waals surface area contributed by atoms with Crippen LogP contribution in [0.5, 0.6) is 11.5 Å². The van der Waals surface area contributed by atoms with Crippen LogP contribution in [-0.4, -0.2) is 41.9 Å². The topological polar surface area (TPSA) is 80.2 Å². The second kappa shape index (κ2) is 7.58. The Kier molecular flexibility index (Phi) is 5.68. The molecule has 11 heteroatoms. The Morgan fingerprint density at radius 1 is 1.23 bits per heavy atom. The lowest BCUT2D eigenvalue weighted by Gasteiger charge is -2.17. The maximum atomic E-state index is 12.5. The number of nitrogens with one attached hydrogen (secondary N) is 1. The molecule has 0 aromatic heterocycles. The summed E-state index contributed by atoms with van der Waals surface area (Å²) in [4.78, 5) is 24.0. The van der Waals surface area contributed by atoms with Crippen molar-refractivity contribution in [3.05, 3.63) is 23.8 Å². The number of halogens is 4. The smallest absolute Gasteiger partial charge is 0.387 e. The van der Waals surface area contributed by atoms with Gasteiger partial charge in [-0.15, -0.1) is 5.01 Å². The fourth-order valence-corrected chi connectivity index (χ4v) is 2.13. The van der Waals surface area contributed by atoms with Crippen molar-refractivity contribution in [2.24, 2.45) is 5.10 Å². The van der Waals surface area contributed by atoms with Gasteiger partial charge in [0.1, 0.15) is 17.0 Å². The average molecular weight is 377 g/mol. The van der Waals surface area contributed by atoms with E-state index in [1.54, 1.807) is 6.92 Å². The molecule has 26 heavy (non-hydrogen) atoms. The number of ether oxygens (including phenoxy) is 2. The number of rotatable bonds is 7. The van der Waals surface area contributed by atoms with E-state index in [-0.39, 0.29) is 5.56 Å². The van der Waals surface area contributed by atoms with E-state index >= 15 is 0 Å². The second-order valence-corrected chi connectivity index (χ2v) is 5.43. The summed E-state index contributed by atoms with van der Waals surface area (Å²) in [6.07, 6.45) is 1.26. The zero-order chi connectivity index (χ0) is 19.5. The molecule has 0 spiro atoms. The number of carbonyl (C=O) groups excluding carboxylic acids is 2. The number of hydrogen-bond acceptors (Lipinski definition) is 5. The fourth-order valence-electron chi connectivity index (χ4n) is 2.13. The molecule has 142 valence electrons. The summed E-state index contributed by atoms with van der Waals surface area (Å²) in [5, 5.41) is 6.71. The summed E-state index contributed by atoms with van der Waals surface area (Å²) in [5.41, 5.74) is -1.19. The van der Waals surface area contributed by atoms with Gasteiger partial charge in [-0.25, -0.2) is 4.79 Å². The predicted molar refractivity (Wildman–Crippen MR) is 81.4 cm³/mol. The van der Waals surface area contributed by atoms with Crippen LogP contribution in [0.1, 0.15) is 25.8 Å². The van der Waals surface area contributed by atoms with Gasteiger partial charge in [0.25, 0.3) is 5.91 Å². The van der Waals surface area contributed by atoms with Crippen LogP contribution in [0.25, 0.3) is 0 Å². The van der Waals surface area contributed by atoms with Gasteiger partial charge < -0.3 is 14.8 Å². The molecule has 1 heterocycles. The molecular weight excluding hydrogens is 362 g/mol. The molecule has 1 saturated heterocycles. The van der Waals surface area contributed by atoms with Crippen molar-refractivity contribution in [1.29, 1.82) is 0 Å². The highest BCUT2D eigenvalue weighted by Crippen LogP contribution is 2.27. The molecule has 1 aromatic rings. The Hall–Kier alpha value is -2.85. The predicted octanol–water partition coefficient (Wildman–Crippen LogP) is 2.94. The van der Waals surface area contributed by atoms with E-state index in [2.05, 4.69) is 19.9 Å². The van der Waals surface area contributed by atoms with Crippen molar-refractivity contribution in [1.82, 2.24) is 10.3 Å². The van der Waals surface area contributed by atoms with Crippen molar-refractivity contribution in [2.45, 2.75) is 39.0 Å². The Labute approximate surface area is 145 Å². The standard InChI is InChI=1S/C15H15F4N3O4/c1-3-15(2)11(23)22(14(24)21-15)20-7-8-4-5-9(25-12(16)17)6-10(8)26-13(18)19/h4-7,12-13H,3H2,1-2H3,(H,21,24)/b20-7+. The number of carbonyl (C=O) groups is 2. The molecule has 2 rings (SSSR count). The summed E-state index contributed by atoms with van der Waals surface area (Å²) in [6, 6.07) is 2.25. The zero-order valence-corrected chi connectivity index (χ0v) is 13.7. The quantitative estimate of drug-likeness (QED) is 0.450. The van der Waals surface area contributed by atoms with E-state index in [9.17, 15) is 27.2 Å². The molecule has 1 unspecified atom stereocenters. The third-order valence-corrected chi connectivity index (χ3v) is 3.69. The highest BCUT2D eigenvalue weighted by molar-refractivity contribution is 6.07. The third kappa shape index (κ3) is 4.21. The first-order valence-corrected chi connectivity index (χ1v) is 7.40. The second-order valence-electron chi connectivity index (χ2n) is 5.43. The van der Waals surface area contributed by atoms with Gasteiger partial charge in [-0.1, -0.05) is 6.92 Å². The van der Waals surface area contributed by atoms with Gasteiger partial charge in [0, 0.05) is 11.6 Å². The summed E-state index contributed by atoms with van der Waals surface area (Å²) in [7, 11) is 0. The average Bonchev–Trinajstić information content (AvgIpc) is 2.76. The Balaban J connectivity index is 2.28. The van der Waals surface area contributed by atoms with Gasteiger partial charge in [-0.3, -0.25) is 4.79 Å². The summed E-state index contributed by atoms with van der Waals surface area (Å²) in [5.74, 6) is -1.52. The first kappa shape index (κ1) is 19.5. The Morgan fingerprint density at radius 2 is 1.88 bits per heavy atom. The Morgan fingerprint density at radius 3 is 2.42 bits per heavy atom. The molecule has 3 amide bonds. The number of amides is 3. The summed E-state index contributed by atoms with van der Waals surface area (Å²) in [6.45, 7) is -3.16. The lowest BCUT2D eigenvalue weighted by Crippen LogP contribution is -2.42. The van der Waals surface area contributed by atoms with E-state index in [4.69, 9.17) is 0 Å². The maximum absolute atomic E-state index is 12.5. The molecule has 0 aliphatic carbocycles. The van der Waals surface area contributed by atoms with Crippen molar-refractivity contribution < 1.29 is 36.6 Å². The van der Waals surface area contributed by atoms with Gasteiger partial charge in [-0.05, 0) is 25.5 Å². The van der Waals surface area contributed by atoms with E-state index in [0.717, 1.165) is 24.4 Å². The van der Waals surface area contributed by atoms with Crippen LogP contribution in [0.3, 0.4) is 0 Å². The molecule has 1 N–H and O–H groups in total.